The summed E-state index contributed by atoms with van der Waals surface area (Å²) in [5.74, 6) is 1.96. The van der Waals surface area contributed by atoms with Crippen molar-refractivity contribution in [2.24, 2.45) is 11.8 Å². The molecule has 0 saturated carbocycles. The van der Waals surface area contributed by atoms with Gasteiger partial charge in [-0.25, -0.2) is 0 Å². The number of fused-ring (bicyclic) bond motifs is 1. The largest absolute Gasteiger partial charge is 0.287 e. The van der Waals surface area contributed by atoms with Crippen molar-refractivity contribution in [1.82, 2.24) is 9.34 Å². The van der Waals surface area contributed by atoms with E-state index < -0.39 is 0 Å². The first kappa shape index (κ1) is 10.7. The van der Waals surface area contributed by atoms with Crippen LogP contribution in [0, 0.1) is 11.8 Å². The summed E-state index contributed by atoms with van der Waals surface area (Å²) in [5.41, 5.74) is 0. The van der Waals surface area contributed by atoms with Crippen molar-refractivity contribution in [1.29, 1.82) is 0 Å². The van der Waals surface area contributed by atoms with Gasteiger partial charge in [0.15, 0.2) is 0 Å². The van der Waals surface area contributed by atoms with Gasteiger partial charge in [0, 0.05) is 26.2 Å². The van der Waals surface area contributed by atoms with Gasteiger partial charge in [-0.05, 0) is 33.1 Å². The highest BCUT2D eigenvalue weighted by Crippen LogP contribution is 2.38. The van der Waals surface area contributed by atoms with E-state index in [-0.39, 0.29) is 0 Å². The van der Waals surface area contributed by atoms with Gasteiger partial charge in [-0.3, -0.25) is 9.34 Å². The maximum atomic E-state index is 2.87. The monoisotopic (exact) mass is 236 g/mol. The Morgan fingerprint density at radius 3 is 2.54 bits per heavy atom. The Kier molecular flexibility index (Phi) is 3.98. The number of rotatable bonds is 1. The molecule has 5 unspecified atom stereocenters. The molecule has 2 saturated heterocycles. The second-order valence-corrected chi connectivity index (χ2v) is 6.56. The summed E-state index contributed by atoms with van der Waals surface area (Å²) in [6, 6.07) is 0. The molecule has 0 bridgehead atoms. The summed E-state index contributed by atoms with van der Waals surface area (Å²) < 4.78 is 5.02. The zero-order valence-corrected chi connectivity index (χ0v) is 11.3. The first-order valence-electron chi connectivity index (χ1n) is 5.00. The molecule has 0 radical (unpaired) electrons. The third-order valence-corrected chi connectivity index (χ3v) is 5.67. The Bertz CT molecular complexity index is 179. The van der Waals surface area contributed by atoms with E-state index >= 15 is 0 Å². The van der Waals surface area contributed by atoms with E-state index in [4.69, 9.17) is 0 Å². The molecule has 2 nitrogen and oxygen atoms in total. The molecule has 5 heteroatoms. The highest BCUT2D eigenvalue weighted by atomic mass is 32.0. The molecule has 2 aliphatic rings. The Morgan fingerprint density at radius 1 is 1.08 bits per heavy atom. The maximum absolute atomic E-state index is 2.87. The first-order chi connectivity index (χ1) is 6.29. The fourth-order valence-electron chi connectivity index (χ4n) is 2.49. The van der Waals surface area contributed by atoms with Crippen molar-refractivity contribution < 1.29 is 0 Å². The van der Waals surface area contributed by atoms with Gasteiger partial charge >= 0.3 is 0 Å². The molecule has 0 aromatic rings. The Labute approximate surface area is 87.4 Å². The molecular formula is C8H19N2P3. The van der Waals surface area contributed by atoms with Crippen molar-refractivity contribution >= 4 is 26.7 Å². The normalized spacial score (nSPS) is 38.3. The van der Waals surface area contributed by atoms with Gasteiger partial charge in [0.05, 0.1) is 0 Å². The number of nitrogens with zero attached hydrogens (tertiary/aromatic N) is 2. The van der Waals surface area contributed by atoms with Gasteiger partial charge in [-0.2, -0.15) is 0 Å². The minimum absolute atomic E-state index is 0.936. The van der Waals surface area contributed by atoms with Crippen molar-refractivity contribution in [2.75, 3.05) is 26.2 Å². The molecule has 0 aliphatic carbocycles. The van der Waals surface area contributed by atoms with E-state index in [1.807, 2.05) is 0 Å². The molecule has 2 aliphatic heterocycles. The Morgan fingerprint density at radius 2 is 1.77 bits per heavy atom. The maximum Gasteiger partial charge on any atom is 0.00535 e. The van der Waals surface area contributed by atoms with E-state index in [1.54, 1.807) is 0 Å². The Hall–Kier alpha value is 1.21. The molecule has 76 valence electrons. The van der Waals surface area contributed by atoms with Gasteiger partial charge in [0.2, 0.25) is 0 Å². The van der Waals surface area contributed by atoms with Crippen molar-refractivity contribution in [2.45, 2.75) is 12.8 Å². The molecule has 0 amide bonds. The predicted octanol–water partition coefficient (Wildman–Crippen LogP) is 1.80. The van der Waals surface area contributed by atoms with Crippen LogP contribution < -0.4 is 0 Å². The molecule has 2 heterocycles. The van der Waals surface area contributed by atoms with E-state index in [1.165, 1.54) is 39.0 Å². The molecule has 13 heavy (non-hydrogen) atoms. The second-order valence-electron chi connectivity index (χ2n) is 4.17. The molecule has 0 aromatic carbocycles. The van der Waals surface area contributed by atoms with Crippen LogP contribution >= 0.6 is 26.7 Å². The third kappa shape index (κ3) is 2.61. The second kappa shape index (κ2) is 4.82. The van der Waals surface area contributed by atoms with Gasteiger partial charge in [-0.1, -0.05) is 18.3 Å². The summed E-state index contributed by atoms with van der Waals surface area (Å²) in [5, 5.41) is 0. The summed E-state index contributed by atoms with van der Waals surface area (Å²) in [4.78, 5) is 0. The van der Waals surface area contributed by atoms with Gasteiger partial charge in [-0.15, -0.1) is 0 Å². The number of hydrogen-bond acceptors (Lipinski definition) is 2. The van der Waals surface area contributed by atoms with Crippen LogP contribution in [0.3, 0.4) is 0 Å². The summed E-state index contributed by atoms with van der Waals surface area (Å²) in [6.07, 6.45) is 2.82. The highest BCUT2D eigenvalue weighted by molar-refractivity contribution is 8.01. The lowest BCUT2D eigenvalue weighted by Gasteiger charge is -2.43. The van der Waals surface area contributed by atoms with Crippen molar-refractivity contribution in [3.05, 3.63) is 0 Å². The minimum Gasteiger partial charge on any atom is -0.287 e. The fraction of sp³-hybridized carbons (Fsp3) is 1.00. The lowest BCUT2D eigenvalue weighted by Crippen LogP contribution is -2.44. The van der Waals surface area contributed by atoms with Crippen LogP contribution in [-0.2, 0) is 0 Å². The van der Waals surface area contributed by atoms with Crippen molar-refractivity contribution in [3.63, 3.8) is 0 Å². The lowest BCUT2D eigenvalue weighted by molar-refractivity contribution is 0.120. The zero-order valence-electron chi connectivity index (χ0n) is 7.95. The number of piperidine rings is 2. The zero-order chi connectivity index (χ0) is 9.26. The fourth-order valence-corrected chi connectivity index (χ4v) is 4.21. The molecule has 0 N–H and O–H groups in total. The molecule has 5 atom stereocenters. The SMILES string of the molecule is PPN1CCC2CN(P)CCC2C1. The molecular weight excluding hydrogens is 217 g/mol. The summed E-state index contributed by atoms with van der Waals surface area (Å²) in [6.45, 7) is 5.26. The van der Waals surface area contributed by atoms with E-state index in [2.05, 4.69) is 27.7 Å². The topological polar surface area (TPSA) is 6.48 Å². The van der Waals surface area contributed by atoms with Crippen LogP contribution in [0.25, 0.3) is 0 Å². The molecule has 2 fully saturated rings. The lowest BCUT2D eigenvalue weighted by atomic mass is 9.82. The molecule has 2 rings (SSSR count). The average molecular weight is 236 g/mol. The third-order valence-electron chi connectivity index (χ3n) is 3.33. The van der Waals surface area contributed by atoms with E-state index in [9.17, 15) is 0 Å². The highest BCUT2D eigenvalue weighted by Gasteiger charge is 2.32. The van der Waals surface area contributed by atoms with Crippen LogP contribution in [0.15, 0.2) is 0 Å². The predicted molar refractivity (Wildman–Crippen MR) is 67.1 cm³/mol. The van der Waals surface area contributed by atoms with E-state index in [0.29, 0.717) is 0 Å². The standard InChI is InChI=1S/C8H19N2P3/c11-9-3-1-8-6-10(13-12)4-2-7(8)5-9/h7-8,13H,1-6,11-12H2. The Balaban J connectivity index is 1.90. The van der Waals surface area contributed by atoms with Crippen LogP contribution in [0.1, 0.15) is 12.8 Å². The molecule has 0 spiro atoms. The van der Waals surface area contributed by atoms with Crippen LogP contribution in [-0.4, -0.2) is 35.5 Å². The van der Waals surface area contributed by atoms with Crippen LogP contribution in [0.5, 0.6) is 0 Å². The van der Waals surface area contributed by atoms with Crippen LogP contribution in [0.2, 0.25) is 0 Å². The van der Waals surface area contributed by atoms with Gasteiger partial charge in [0.25, 0.3) is 0 Å². The molecule has 0 aromatic heterocycles. The van der Waals surface area contributed by atoms with Gasteiger partial charge in [0.1, 0.15) is 0 Å². The van der Waals surface area contributed by atoms with Gasteiger partial charge < -0.3 is 0 Å². The van der Waals surface area contributed by atoms with E-state index in [0.717, 1.165) is 20.3 Å². The summed E-state index contributed by atoms with van der Waals surface area (Å²) in [7, 11) is 6.67. The van der Waals surface area contributed by atoms with Crippen LogP contribution in [0.4, 0.5) is 0 Å². The summed E-state index contributed by atoms with van der Waals surface area (Å²) >= 11 is 0. The first-order valence-corrected chi connectivity index (χ1v) is 8.27. The quantitative estimate of drug-likeness (QED) is 0.640. The smallest absolute Gasteiger partial charge is 0.00535 e. The minimum atomic E-state index is 0.936. The average Bonchev–Trinajstić information content (AvgIpc) is 2.17. The van der Waals surface area contributed by atoms with Crippen molar-refractivity contribution in [3.8, 4) is 0 Å². The number of hydrogen-bond donors (Lipinski definition) is 0.